The van der Waals surface area contributed by atoms with Gasteiger partial charge in [0.25, 0.3) is 0 Å². The van der Waals surface area contributed by atoms with Gasteiger partial charge in [-0.1, -0.05) is 46.3 Å². The van der Waals surface area contributed by atoms with E-state index in [1.165, 1.54) is 0 Å². The van der Waals surface area contributed by atoms with E-state index in [1.807, 2.05) is 6.07 Å². The lowest BCUT2D eigenvalue weighted by molar-refractivity contribution is -0.146. The van der Waals surface area contributed by atoms with Crippen LogP contribution in [0.25, 0.3) is 0 Å². The third kappa shape index (κ3) is 4.89. The number of hydrogen-bond acceptors (Lipinski definition) is 3. The SMILES string of the molecule is O=C(Nc1ccc(Br)cc1)O[C@@H](Cc1ccccc1)C(=O)O. The number of ether oxygens (including phenoxy) is 1. The molecular weight excluding hydrogens is 350 g/mol. The molecule has 0 aliphatic heterocycles. The Morgan fingerprint density at radius 2 is 1.73 bits per heavy atom. The van der Waals surface area contributed by atoms with Gasteiger partial charge in [-0.15, -0.1) is 0 Å². The molecule has 1 amide bonds. The molecule has 114 valence electrons. The smallest absolute Gasteiger partial charge is 0.412 e. The maximum atomic E-state index is 11.8. The number of anilines is 1. The first-order valence-electron chi connectivity index (χ1n) is 6.54. The lowest BCUT2D eigenvalue weighted by atomic mass is 10.1. The molecular formula is C16H14BrNO4. The third-order valence-corrected chi connectivity index (χ3v) is 3.41. The quantitative estimate of drug-likeness (QED) is 0.849. The minimum atomic E-state index is -1.24. The van der Waals surface area contributed by atoms with Crippen molar-refractivity contribution in [3.05, 3.63) is 64.6 Å². The summed E-state index contributed by atoms with van der Waals surface area (Å²) in [5.74, 6) is -1.19. The first-order chi connectivity index (χ1) is 10.5. The molecule has 0 aliphatic carbocycles. The zero-order valence-corrected chi connectivity index (χ0v) is 13.1. The second kappa shape index (κ2) is 7.61. The molecule has 0 unspecified atom stereocenters. The van der Waals surface area contributed by atoms with Crippen LogP contribution < -0.4 is 5.32 Å². The van der Waals surface area contributed by atoms with Gasteiger partial charge in [0.05, 0.1) is 0 Å². The molecule has 0 aliphatic rings. The van der Waals surface area contributed by atoms with Crippen molar-refractivity contribution in [3.63, 3.8) is 0 Å². The topological polar surface area (TPSA) is 75.6 Å². The summed E-state index contributed by atoms with van der Waals surface area (Å²) in [5, 5.41) is 11.7. The molecule has 22 heavy (non-hydrogen) atoms. The van der Waals surface area contributed by atoms with Crippen LogP contribution in [-0.2, 0) is 16.0 Å². The maximum absolute atomic E-state index is 11.8. The Hall–Kier alpha value is -2.34. The van der Waals surface area contributed by atoms with Crippen LogP contribution in [0.5, 0.6) is 0 Å². The van der Waals surface area contributed by atoms with E-state index >= 15 is 0 Å². The fourth-order valence-electron chi connectivity index (χ4n) is 1.82. The maximum Gasteiger partial charge on any atom is 0.412 e. The molecule has 0 radical (unpaired) electrons. The van der Waals surface area contributed by atoms with E-state index in [0.717, 1.165) is 10.0 Å². The first-order valence-corrected chi connectivity index (χ1v) is 7.34. The minimum absolute atomic E-state index is 0.115. The number of hydrogen-bond donors (Lipinski definition) is 2. The van der Waals surface area contributed by atoms with Crippen molar-refractivity contribution in [2.75, 3.05) is 5.32 Å². The van der Waals surface area contributed by atoms with Crippen LogP contribution in [-0.4, -0.2) is 23.3 Å². The number of aliphatic carboxylic acids is 1. The number of carbonyl (C=O) groups excluding carboxylic acids is 1. The predicted octanol–water partition coefficient (Wildman–Crippen LogP) is 3.69. The summed E-state index contributed by atoms with van der Waals surface area (Å²) in [4.78, 5) is 23.0. The molecule has 0 spiro atoms. The highest BCUT2D eigenvalue weighted by Gasteiger charge is 2.22. The van der Waals surface area contributed by atoms with Crippen LogP contribution in [0.1, 0.15) is 5.56 Å². The first kappa shape index (κ1) is 16.0. The van der Waals surface area contributed by atoms with Gasteiger partial charge in [-0.25, -0.2) is 9.59 Å². The molecule has 0 fully saturated rings. The minimum Gasteiger partial charge on any atom is -0.478 e. The van der Waals surface area contributed by atoms with Crippen LogP contribution in [0.3, 0.4) is 0 Å². The van der Waals surface area contributed by atoms with E-state index in [9.17, 15) is 14.7 Å². The van der Waals surface area contributed by atoms with Gasteiger partial charge in [-0.2, -0.15) is 0 Å². The fourth-order valence-corrected chi connectivity index (χ4v) is 2.08. The lowest BCUT2D eigenvalue weighted by Gasteiger charge is -2.14. The van der Waals surface area contributed by atoms with Crippen LogP contribution in [0, 0.1) is 0 Å². The second-order valence-electron chi connectivity index (χ2n) is 4.55. The Morgan fingerprint density at radius 1 is 1.09 bits per heavy atom. The number of carbonyl (C=O) groups is 2. The third-order valence-electron chi connectivity index (χ3n) is 2.88. The summed E-state index contributed by atoms with van der Waals surface area (Å²) >= 11 is 3.29. The molecule has 0 aromatic heterocycles. The zero-order chi connectivity index (χ0) is 15.9. The largest absolute Gasteiger partial charge is 0.478 e. The summed E-state index contributed by atoms with van der Waals surface area (Å²) in [5.41, 5.74) is 1.31. The second-order valence-corrected chi connectivity index (χ2v) is 5.47. The van der Waals surface area contributed by atoms with Crippen LogP contribution in [0.4, 0.5) is 10.5 Å². The number of rotatable bonds is 5. The van der Waals surface area contributed by atoms with Crippen molar-refractivity contribution in [1.29, 1.82) is 0 Å². The van der Waals surface area contributed by atoms with Gasteiger partial charge < -0.3 is 9.84 Å². The molecule has 2 aromatic carbocycles. The lowest BCUT2D eigenvalue weighted by Crippen LogP contribution is -2.31. The molecule has 6 heteroatoms. The number of amides is 1. The van der Waals surface area contributed by atoms with Gasteiger partial charge in [0.15, 0.2) is 0 Å². The predicted molar refractivity (Wildman–Crippen MR) is 85.8 cm³/mol. The van der Waals surface area contributed by atoms with Gasteiger partial charge in [-0.05, 0) is 29.8 Å². The molecule has 2 rings (SSSR count). The molecule has 5 nitrogen and oxygen atoms in total. The number of carboxylic acids is 1. The number of nitrogens with one attached hydrogen (secondary N) is 1. The average Bonchev–Trinajstić information content (AvgIpc) is 2.50. The van der Waals surface area contributed by atoms with Crippen molar-refractivity contribution in [2.45, 2.75) is 12.5 Å². The highest BCUT2D eigenvalue weighted by atomic mass is 79.9. The molecule has 2 aromatic rings. The Kier molecular flexibility index (Phi) is 5.55. The van der Waals surface area contributed by atoms with E-state index in [0.29, 0.717) is 5.69 Å². The van der Waals surface area contributed by atoms with Gasteiger partial charge in [-0.3, -0.25) is 5.32 Å². The molecule has 1 atom stereocenters. The highest BCUT2D eigenvalue weighted by molar-refractivity contribution is 9.10. The Balaban J connectivity index is 1.97. The highest BCUT2D eigenvalue weighted by Crippen LogP contribution is 2.15. The van der Waals surface area contributed by atoms with E-state index in [4.69, 9.17) is 4.74 Å². The molecule has 0 heterocycles. The van der Waals surface area contributed by atoms with Crippen molar-refractivity contribution >= 4 is 33.7 Å². The van der Waals surface area contributed by atoms with E-state index in [1.54, 1.807) is 48.5 Å². The standard InChI is InChI=1S/C16H14BrNO4/c17-12-6-8-13(9-7-12)18-16(21)22-14(15(19)20)10-11-4-2-1-3-5-11/h1-9,14H,10H2,(H,18,21)(H,19,20)/t14-/m0/s1. The molecule has 0 bridgehead atoms. The summed E-state index contributed by atoms with van der Waals surface area (Å²) in [6, 6.07) is 15.9. The fraction of sp³-hybridized carbons (Fsp3) is 0.125. The monoisotopic (exact) mass is 363 g/mol. The van der Waals surface area contributed by atoms with Gasteiger partial charge in [0.2, 0.25) is 6.10 Å². The van der Waals surface area contributed by atoms with Crippen LogP contribution >= 0.6 is 15.9 Å². The summed E-state index contributed by atoms with van der Waals surface area (Å²) < 4.78 is 5.86. The average molecular weight is 364 g/mol. The summed E-state index contributed by atoms with van der Waals surface area (Å²) in [6.07, 6.45) is -1.92. The van der Waals surface area contributed by atoms with Crippen molar-refractivity contribution in [3.8, 4) is 0 Å². The van der Waals surface area contributed by atoms with Crippen molar-refractivity contribution in [2.24, 2.45) is 0 Å². The van der Waals surface area contributed by atoms with Crippen molar-refractivity contribution < 1.29 is 19.4 Å². The number of halogens is 1. The molecule has 0 saturated heterocycles. The van der Waals surface area contributed by atoms with Crippen molar-refractivity contribution in [1.82, 2.24) is 0 Å². The number of benzene rings is 2. The summed E-state index contributed by atoms with van der Waals surface area (Å²) in [6.45, 7) is 0. The van der Waals surface area contributed by atoms with E-state index in [-0.39, 0.29) is 6.42 Å². The molecule has 0 saturated carbocycles. The summed E-state index contributed by atoms with van der Waals surface area (Å²) in [7, 11) is 0. The van der Waals surface area contributed by atoms with Crippen LogP contribution in [0.2, 0.25) is 0 Å². The van der Waals surface area contributed by atoms with Gasteiger partial charge in [0.1, 0.15) is 0 Å². The Morgan fingerprint density at radius 3 is 2.32 bits per heavy atom. The van der Waals surface area contributed by atoms with E-state index < -0.39 is 18.2 Å². The van der Waals surface area contributed by atoms with Crippen LogP contribution in [0.15, 0.2) is 59.1 Å². The Labute approximate surface area is 136 Å². The normalized spacial score (nSPS) is 11.5. The number of carboxylic acid groups (broad SMARTS) is 1. The van der Waals surface area contributed by atoms with Gasteiger partial charge >= 0.3 is 12.1 Å². The Bertz CT molecular complexity index is 643. The zero-order valence-electron chi connectivity index (χ0n) is 11.5. The van der Waals surface area contributed by atoms with Gasteiger partial charge in [0, 0.05) is 16.6 Å². The van der Waals surface area contributed by atoms with E-state index in [2.05, 4.69) is 21.2 Å². The molecule has 2 N–H and O–H groups in total.